The summed E-state index contributed by atoms with van der Waals surface area (Å²) >= 11 is 6.04. The average molecular weight is 293 g/mol. The van der Waals surface area contributed by atoms with Gasteiger partial charge in [-0.1, -0.05) is 17.7 Å². The zero-order valence-electron chi connectivity index (χ0n) is 11.0. The van der Waals surface area contributed by atoms with Gasteiger partial charge in [-0.15, -0.1) is 10.2 Å². The van der Waals surface area contributed by atoms with Crippen molar-refractivity contribution >= 4 is 35.0 Å². The topological polar surface area (TPSA) is 76.1 Å². The predicted molar refractivity (Wildman–Crippen MR) is 77.5 cm³/mol. The van der Waals surface area contributed by atoms with Gasteiger partial charge < -0.3 is 10.1 Å². The smallest absolute Gasteiger partial charge is 0.412 e. The third-order valence-electron chi connectivity index (χ3n) is 2.61. The number of rotatable bonds is 3. The van der Waals surface area contributed by atoms with Crippen molar-refractivity contribution in [1.29, 1.82) is 0 Å². The van der Waals surface area contributed by atoms with Crippen molar-refractivity contribution in [2.45, 2.75) is 6.92 Å². The van der Waals surface area contributed by atoms with E-state index in [1.165, 1.54) is 7.11 Å². The number of amides is 1. The second-order valence-corrected chi connectivity index (χ2v) is 4.36. The molecule has 0 atom stereocenters. The Morgan fingerprint density at radius 3 is 2.55 bits per heavy atom. The van der Waals surface area contributed by atoms with Crippen LogP contribution in [0.5, 0.6) is 0 Å². The van der Waals surface area contributed by atoms with Gasteiger partial charge in [0.05, 0.1) is 7.11 Å². The van der Waals surface area contributed by atoms with Crippen LogP contribution in [0.1, 0.15) is 5.56 Å². The van der Waals surface area contributed by atoms with Crippen molar-refractivity contribution in [1.82, 2.24) is 10.2 Å². The molecule has 0 spiro atoms. The molecule has 2 rings (SSSR count). The van der Waals surface area contributed by atoms with E-state index in [1.54, 1.807) is 12.1 Å². The third-order valence-corrected chi connectivity index (χ3v) is 3.02. The number of benzene rings is 1. The van der Waals surface area contributed by atoms with E-state index in [2.05, 4.69) is 25.6 Å². The van der Waals surface area contributed by atoms with Gasteiger partial charge in [0.2, 0.25) is 0 Å². The number of halogens is 1. The maximum absolute atomic E-state index is 11.0. The van der Waals surface area contributed by atoms with Crippen LogP contribution >= 0.6 is 11.6 Å². The Kier molecular flexibility index (Phi) is 4.37. The summed E-state index contributed by atoms with van der Waals surface area (Å²) in [5.41, 5.74) is 1.77. The standard InChI is InChI=1S/C13H13ClN4O2/c1-8-9(14)4-3-5-10(8)15-11-6-7-12(18-17-11)16-13(19)20-2/h3-7H,1-2H3,(H,15,17)(H,16,18,19). The van der Waals surface area contributed by atoms with E-state index in [-0.39, 0.29) is 0 Å². The number of nitrogens with zero attached hydrogens (tertiary/aromatic N) is 2. The highest BCUT2D eigenvalue weighted by molar-refractivity contribution is 6.31. The number of nitrogens with one attached hydrogen (secondary N) is 2. The van der Waals surface area contributed by atoms with Crippen molar-refractivity contribution in [3.05, 3.63) is 40.9 Å². The van der Waals surface area contributed by atoms with Crippen LogP contribution in [0.4, 0.5) is 22.1 Å². The molecule has 20 heavy (non-hydrogen) atoms. The maximum atomic E-state index is 11.0. The van der Waals surface area contributed by atoms with Crippen LogP contribution in [0.25, 0.3) is 0 Å². The molecule has 2 aromatic rings. The van der Waals surface area contributed by atoms with Gasteiger partial charge in [-0.3, -0.25) is 5.32 Å². The lowest BCUT2D eigenvalue weighted by molar-refractivity contribution is 0.187. The highest BCUT2D eigenvalue weighted by Gasteiger charge is 2.05. The molecule has 0 radical (unpaired) electrons. The summed E-state index contributed by atoms with van der Waals surface area (Å²) in [6.45, 7) is 1.91. The minimum Gasteiger partial charge on any atom is -0.453 e. The Morgan fingerprint density at radius 1 is 1.20 bits per heavy atom. The van der Waals surface area contributed by atoms with Crippen LogP contribution in [0, 0.1) is 6.92 Å². The van der Waals surface area contributed by atoms with Crippen molar-refractivity contribution in [2.75, 3.05) is 17.7 Å². The molecule has 1 aromatic heterocycles. The lowest BCUT2D eigenvalue weighted by atomic mass is 10.2. The fourth-order valence-electron chi connectivity index (χ4n) is 1.50. The number of hydrogen-bond acceptors (Lipinski definition) is 5. The number of carbonyl (C=O) groups excluding carboxylic acids is 1. The Morgan fingerprint density at radius 2 is 1.90 bits per heavy atom. The van der Waals surface area contributed by atoms with Crippen molar-refractivity contribution in [2.24, 2.45) is 0 Å². The Labute approximate surface area is 121 Å². The number of methoxy groups -OCH3 is 1. The van der Waals surface area contributed by atoms with Crippen molar-refractivity contribution < 1.29 is 9.53 Å². The van der Waals surface area contributed by atoms with Crippen molar-refractivity contribution in [3.8, 4) is 0 Å². The molecular formula is C13H13ClN4O2. The minimum absolute atomic E-state index is 0.310. The van der Waals surface area contributed by atoms with Crippen molar-refractivity contribution in [3.63, 3.8) is 0 Å². The number of hydrogen-bond donors (Lipinski definition) is 2. The van der Waals surface area contributed by atoms with Crippen LogP contribution in [-0.4, -0.2) is 23.4 Å². The lowest BCUT2D eigenvalue weighted by Gasteiger charge is -2.09. The van der Waals surface area contributed by atoms with Gasteiger partial charge in [-0.2, -0.15) is 0 Å². The second kappa shape index (κ2) is 6.21. The van der Waals surface area contributed by atoms with Crippen LogP contribution in [0.15, 0.2) is 30.3 Å². The fourth-order valence-corrected chi connectivity index (χ4v) is 1.68. The highest BCUT2D eigenvalue weighted by Crippen LogP contribution is 2.25. The summed E-state index contributed by atoms with van der Waals surface area (Å²) < 4.78 is 4.46. The van der Waals surface area contributed by atoms with Gasteiger partial charge in [-0.05, 0) is 36.8 Å². The minimum atomic E-state index is -0.592. The number of ether oxygens (including phenoxy) is 1. The molecule has 0 unspecified atom stereocenters. The van der Waals surface area contributed by atoms with E-state index in [0.29, 0.717) is 16.7 Å². The molecule has 0 bridgehead atoms. The molecule has 1 aromatic carbocycles. The number of aromatic nitrogens is 2. The Balaban J connectivity index is 2.11. The Bertz CT molecular complexity index is 616. The molecule has 0 aliphatic rings. The molecule has 6 nitrogen and oxygen atoms in total. The summed E-state index contributed by atoms with van der Waals surface area (Å²) in [4.78, 5) is 11.0. The summed E-state index contributed by atoms with van der Waals surface area (Å²) in [5.74, 6) is 0.857. The molecule has 104 valence electrons. The van der Waals surface area contributed by atoms with Gasteiger partial charge in [0.25, 0.3) is 0 Å². The molecule has 0 saturated carbocycles. The van der Waals surface area contributed by atoms with E-state index in [0.717, 1.165) is 11.3 Å². The van der Waals surface area contributed by atoms with E-state index in [9.17, 15) is 4.79 Å². The quantitative estimate of drug-likeness (QED) is 0.907. The monoisotopic (exact) mass is 292 g/mol. The van der Waals surface area contributed by atoms with E-state index in [1.807, 2.05) is 25.1 Å². The average Bonchev–Trinajstić information content (AvgIpc) is 2.46. The molecular weight excluding hydrogens is 280 g/mol. The zero-order valence-corrected chi connectivity index (χ0v) is 11.7. The summed E-state index contributed by atoms with van der Waals surface area (Å²) in [6, 6.07) is 8.86. The van der Waals surface area contributed by atoms with Crippen LogP contribution < -0.4 is 10.6 Å². The molecule has 0 aliphatic heterocycles. The largest absolute Gasteiger partial charge is 0.453 e. The van der Waals surface area contributed by atoms with E-state index >= 15 is 0 Å². The second-order valence-electron chi connectivity index (χ2n) is 3.96. The van der Waals surface area contributed by atoms with Gasteiger partial charge in [-0.25, -0.2) is 4.79 Å². The summed E-state index contributed by atoms with van der Waals surface area (Å²) in [7, 11) is 1.28. The third kappa shape index (κ3) is 3.36. The first kappa shape index (κ1) is 14.1. The van der Waals surface area contributed by atoms with Gasteiger partial charge in [0, 0.05) is 10.7 Å². The van der Waals surface area contributed by atoms with Gasteiger partial charge in [0.15, 0.2) is 11.6 Å². The molecule has 1 heterocycles. The summed E-state index contributed by atoms with van der Waals surface area (Å²) in [5, 5.41) is 14.0. The highest BCUT2D eigenvalue weighted by atomic mass is 35.5. The lowest BCUT2D eigenvalue weighted by Crippen LogP contribution is -2.12. The first-order valence-corrected chi connectivity index (χ1v) is 6.19. The fraction of sp³-hybridized carbons (Fsp3) is 0.154. The molecule has 7 heteroatoms. The molecule has 1 amide bonds. The molecule has 2 N–H and O–H groups in total. The predicted octanol–water partition coefficient (Wildman–Crippen LogP) is 3.36. The molecule has 0 aliphatic carbocycles. The molecule has 0 fully saturated rings. The number of carbonyl (C=O) groups is 1. The first-order valence-electron chi connectivity index (χ1n) is 5.81. The first-order chi connectivity index (χ1) is 9.60. The molecule has 0 saturated heterocycles. The van der Waals surface area contributed by atoms with Gasteiger partial charge >= 0.3 is 6.09 Å². The number of anilines is 3. The van der Waals surface area contributed by atoms with E-state index < -0.39 is 6.09 Å². The Hall–Kier alpha value is -2.34. The summed E-state index contributed by atoms with van der Waals surface area (Å²) in [6.07, 6.45) is -0.592. The van der Waals surface area contributed by atoms with Gasteiger partial charge in [0.1, 0.15) is 0 Å². The van der Waals surface area contributed by atoms with Crippen LogP contribution in [-0.2, 0) is 4.74 Å². The normalized spacial score (nSPS) is 9.95. The SMILES string of the molecule is COC(=O)Nc1ccc(Nc2cccc(Cl)c2C)nn1. The van der Waals surface area contributed by atoms with Crippen LogP contribution in [0.3, 0.4) is 0 Å². The van der Waals surface area contributed by atoms with E-state index in [4.69, 9.17) is 11.6 Å². The maximum Gasteiger partial charge on any atom is 0.412 e. The van der Waals surface area contributed by atoms with Crippen LogP contribution in [0.2, 0.25) is 5.02 Å². The zero-order chi connectivity index (χ0) is 14.5.